The first kappa shape index (κ1) is 22.0. The number of halogens is 1. The van der Waals surface area contributed by atoms with Crippen molar-refractivity contribution in [3.8, 4) is 5.75 Å². The van der Waals surface area contributed by atoms with Gasteiger partial charge in [-0.2, -0.15) is 0 Å². The van der Waals surface area contributed by atoms with E-state index < -0.39 is 6.04 Å². The van der Waals surface area contributed by atoms with Gasteiger partial charge in [-0.1, -0.05) is 26.0 Å². The Labute approximate surface area is 176 Å². The Morgan fingerprint density at radius 3 is 2.23 bits per heavy atom. The zero-order valence-corrected chi connectivity index (χ0v) is 17.7. The van der Waals surface area contributed by atoms with Crippen LogP contribution in [0.2, 0.25) is 0 Å². The first-order chi connectivity index (χ1) is 14.3. The van der Waals surface area contributed by atoms with E-state index in [9.17, 15) is 18.8 Å². The van der Waals surface area contributed by atoms with Crippen molar-refractivity contribution in [3.05, 3.63) is 42.2 Å². The van der Waals surface area contributed by atoms with Crippen LogP contribution in [0, 0.1) is 23.6 Å². The smallest absolute Gasteiger partial charge is 0.245 e. The van der Waals surface area contributed by atoms with E-state index in [2.05, 4.69) is 0 Å². The van der Waals surface area contributed by atoms with Crippen molar-refractivity contribution >= 4 is 17.7 Å². The number of hydrogen-bond donors (Lipinski definition) is 0. The van der Waals surface area contributed by atoms with Crippen molar-refractivity contribution in [2.24, 2.45) is 17.8 Å². The van der Waals surface area contributed by atoms with E-state index in [1.165, 1.54) is 34.1 Å². The number of rotatable bonds is 8. The number of likely N-dealkylation sites (N-methyl/N-ethyl adjacent to an activating group) is 1. The molecule has 3 amide bonds. The number of likely N-dealkylation sites (tertiary alicyclic amines) is 1. The monoisotopic (exact) mass is 416 g/mol. The number of nitrogens with zero attached hydrogens (tertiary/aromatic N) is 2. The van der Waals surface area contributed by atoms with Gasteiger partial charge in [0.2, 0.25) is 17.7 Å². The summed E-state index contributed by atoms with van der Waals surface area (Å²) in [6, 6.07) is 4.86. The maximum Gasteiger partial charge on any atom is 0.245 e. The summed E-state index contributed by atoms with van der Waals surface area (Å²) < 4.78 is 18.6. The Morgan fingerprint density at radius 2 is 1.70 bits per heavy atom. The minimum Gasteiger partial charge on any atom is -0.492 e. The molecule has 2 aliphatic rings. The molecule has 6 nitrogen and oxygen atoms in total. The number of imide groups is 1. The van der Waals surface area contributed by atoms with Gasteiger partial charge >= 0.3 is 0 Å². The van der Waals surface area contributed by atoms with Crippen molar-refractivity contribution in [2.45, 2.75) is 39.2 Å². The molecule has 3 rings (SSSR count). The van der Waals surface area contributed by atoms with Gasteiger partial charge in [0.05, 0.1) is 18.4 Å². The molecule has 30 heavy (non-hydrogen) atoms. The van der Waals surface area contributed by atoms with Crippen molar-refractivity contribution in [2.75, 3.05) is 20.2 Å². The average Bonchev–Trinajstić information content (AvgIpc) is 2.97. The van der Waals surface area contributed by atoms with Crippen LogP contribution in [0.15, 0.2) is 36.4 Å². The van der Waals surface area contributed by atoms with Crippen LogP contribution >= 0.6 is 0 Å². The van der Waals surface area contributed by atoms with E-state index in [0.29, 0.717) is 25.0 Å². The molecule has 1 aromatic carbocycles. The molecule has 0 spiro atoms. The topological polar surface area (TPSA) is 66.9 Å². The Hall–Kier alpha value is -2.70. The molecular weight excluding hydrogens is 387 g/mol. The highest BCUT2D eigenvalue weighted by molar-refractivity contribution is 6.08. The van der Waals surface area contributed by atoms with Crippen LogP contribution in [0.4, 0.5) is 4.39 Å². The lowest BCUT2D eigenvalue weighted by molar-refractivity contribution is -0.151. The molecule has 1 saturated heterocycles. The summed E-state index contributed by atoms with van der Waals surface area (Å²) in [4.78, 5) is 41.9. The average molecular weight is 416 g/mol. The second-order valence-corrected chi connectivity index (χ2v) is 8.41. The lowest BCUT2D eigenvalue weighted by Crippen LogP contribution is -2.51. The predicted octanol–water partition coefficient (Wildman–Crippen LogP) is 3.03. The van der Waals surface area contributed by atoms with Crippen LogP contribution in [0.3, 0.4) is 0 Å². The van der Waals surface area contributed by atoms with Gasteiger partial charge in [0.15, 0.2) is 0 Å². The van der Waals surface area contributed by atoms with Gasteiger partial charge in [0.25, 0.3) is 0 Å². The molecule has 162 valence electrons. The molecular formula is C23H29FN2O4. The maximum atomic E-state index is 13.2. The first-order valence-corrected chi connectivity index (χ1v) is 10.4. The largest absolute Gasteiger partial charge is 0.492 e. The number of carbonyl (C=O) groups excluding carboxylic acids is 3. The highest BCUT2D eigenvalue weighted by Crippen LogP contribution is 2.37. The number of carbonyl (C=O) groups is 3. The Balaban J connectivity index is 1.66. The standard InChI is InChI=1S/C23H29FN2O4/c1-15(2)14-20(26-21(27)18-6-4-5-7-19(18)22(26)28)23(29)25(3)12-13-30-17-10-8-16(24)9-11-17/h4-5,8-11,15,18-20H,6-7,12-14H2,1-3H3. The summed E-state index contributed by atoms with van der Waals surface area (Å²) in [6.45, 7) is 4.45. The second-order valence-electron chi connectivity index (χ2n) is 8.41. The predicted molar refractivity (Wildman–Crippen MR) is 110 cm³/mol. The summed E-state index contributed by atoms with van der Waals surface area (Å²) in [5.74, 6) is -1.12. The highest BCUT2D eigenvalue weighted by atomic mass is 19.1. The lowest BCUT2D eigenvalue weighted by atomic mass is 9.85. The molecule has 7 heteroatoms. The number of allylic oxidation sites excluding steroid dienone is 2. The van der Waals surface area contributed by atoms with Crippen molar-refractivity contribution in [1.82, 2.24) is 9.80 Å². The van der Waals surface area contributed by atoms with E-state index in [4.69, 9.17) is 4.74 Å². The van der Waals surface area contributed by atoms with Gasteiger partial charge in [-0.25, -0.2) is 4.39 Å². The fourth-order valence-corrected chi connectivity index (χ4v) is 4.09. The maximum absolute atomic E-state index is 13.2. The summed E-state index contributed by atoms with van der Waals surface area (Å²) in [6.07, 6.45) is 5.40. The zero-order valence-electron chi connectivity index (χ0n) is 17.7. The molecule has 0 aromatic heterocycles. The van der Waals surface area contributed by atoms with E-state index in [1.807, 2.05) is 26.0 Å². The van der Waals surface area contributed by atoms with Crippen LogP contribution in [-0.2, 0) is 14.4 Å². The molecule has 1 aromatic rings. The molecule has 1 fully saturated rings. The van der Waals surface area contributed by atoms with Crippen LogP contribution in [0.1, 0.15) is 33.1 Å². The van der Waals surface area contributed by atoms with Gasteiger partial charge in [-0.3, -0.25) is 19.3 Å². The molecule has 0 radical (unpaired) electrons. The van der Waals surface area contributed by atoms with Crippen molar-refractivity contribution < 1.29 is 23.5 Å². The Morgan fingerprint density at radius 1 is 1.13 bits per heavy atom. The van der Waals surface area contributed by atoms with E-state index in [-0.39, 0.29) is 54.4 Å². The second kappa shape index (κ2) is 9.41. The summed E-state index contributed by atoms with van der Waals surface area (Å²) in [5, 5.41) is 0. The van der Waals surface area contributed by atoms with Gasteiger partial charge in [-0.15, -0.1) is 0 Å². The van der Waals surface area contributed by atoms with Crippen LogP contribution in [-0.4, -0.2) is 53.8 Å². The fourth-order valence-electron chi connectivity index (χ4n) is 4.09. The molecule has 0 saturated carbocycles. The van der Waals surface area contributed by atoms with Gasteiger partial charge in [-0.05, 0) is 49.4 Å². The highest BCUT2D eigenvalue weighted by Gasteiger charge is 2.51. The quantitative estimate of drug-likeness (QED) is 0.483. The molecule has 3 unspecified atom stereocenters. The molecule has 1 aliphatic heterocycles. The van der Waals surface area contributed by atoms with Gasteiger partial charge < -0.3 is 9.64 Å². The lowest BCUT2D eigenvalue weighted by Gasteiger charge is -2.31. The van der Waals surface area contributed by atoms with Crippen molar-refractivity contribution in [1.29, 1.82) is 0 Å². The Kier molecular flexibility index (Phi) is 6.90. The molecule has 0 N–H and O–H groups in total. The third kappa shape index (κ3) is 4.71. The molecule has 0 bridgehead atoms. The number of benzene rings is 1. The SMILES string of the molecule is CC(C)CC(C(=O)N(C)CCOc1ccc(F)cc1)N1C(=O)C2CC=CCC2C1=O. The summed E-state index contributed by atoms with van der Waals surface area (Å²) >= 11 is 0. The number of ether oxygens (including phenoxy) is 1. The van der Waals surface area contributed by atoms with E-state index in [1.54, 1.807) is 7.05 Å². The summed E-state index contributed by atoms with van der Waals surface area (Å²) in [7, 11) is 1.64. The number of fused-ring (bicyclic) bond motifs is 1. The van der Waals surface area contributed by atoms with Gasteiger partial charge in [0, 0.05) is 7.05 Å². The number of hydrogen-bond acceptors (Lipinski definition) is 4. The van der Waals surface area contributed by atoms with Crippen LogP contribution in [0.5, 0.6) is 5.75 Å². The van der Waals surface area contributed by atoms with Crippen molar-refractivity contribution in [3.63, 3.8) is 0 Å². The normalized spacial score (nSPS) is 21.7. The first-order valence-electron chi connectivity index (χ1n) is 10.4. The van der Waals surface area contributed by atoms with Crippen LogP contribution in [0.25, 0.3) is 0 Å². The summed E-state index contributed by atoms with van der Waals surface area (Å²) in [5.41, 5.74) is 0. The molecule has 1 heterocycles. The number of amides is 3. The third-order valence-electron chi connectivity index (χ3n) is 5.72. The third-order valence-corrected chi connectivity index (χ3v) is 5.72. The van der Waals surface area contributed by atoms with Crippen LogP contribution < -0.4 is 4.74 Å². The minimum atomic E-state index is -0.800. The Bertz CT molecular complexity index is 795. The molecule has 1 aliphatic carbocycles. The van der Waals surface area contributed by atoms with E-state index >= 15 is 0 Å². The van der Waals surface area contributed by atoms with Gasteiger partial charge in [0.1, 0.15) is 24.2 Å². The van der Waals surface area contributed by atoms with E-state index in [0.717, 1.165) is 0 Å². The minimum absolute atomic E-state index is 0.143. The molecule has 3 atom stereocenters. The zero-order chi connectivity index (χ0) is 21.8. The fraction of sp³-hybridized carbons (Fsp3) is 0.522.